The van der Waals surface area contributed by atoms with Crippen molar-refractivity contribution in [1.29, 1.82) is 0 Å². The number of carboxylic acids is 1. The van der Waals surface area contributed by atoms with E-state index in [0.29, 0.717) is 24.5 Å². The summed E-state index contributed by atoms with van der Waals surface area (Å²) in [5, 5.41) is 22.9. The van der Waals surface area contributed by atoms with Gasteiger partial charge >= 0.3 is 5.97 Å². The molecule has 0 saturated carbocycles. The molecular formula is C11H13N5O2. The first-order valence-electron chi connectivity index (χ1n) is 5.45. The van der Waals surface area contributed by atoms with Gasteiger partial charge in [-0.3, -0.25) is 0 Å². The van der Waals surface area contributed by atoms with Crippen LogP contribution in [0.25, 0.3) is 0 Å². The van der Waals surface area contributed by atoms with Gasteiger partial charge in [-0.2, -0.15) is 0 Å². The molecule has 1 heterocycles. The molecule has 0 aliphatic rings. The highest BCUT2D eigenvalue weighted by Gasteiger charge is 2.04. The number of nitrogens with zero attached hydrogens (tertiary/aromatic N) is 4. The van der Waals surface area contributed by atoms with Gasteiger partial charge in [0.25, 0.3) is 0 Å². The SMILES string of the molecule is Cn1nnnc1NCCc1cccc(C(=O)O)c1. The van der Waals surface area contributed by atoms with Gasteiger partial charge in [-0.25, -0.2) is 9.48 Å². The van der Waals surface area contributed by atoms with Gasteiger partial charge in [0.15, 0.2) is 0 Å². The molecule has 0 fully saturated rings. The molecule has 0 spiro atoms. The normalized spacial score (nSPS) is 10.3. The van der Waals surface area contributed by atoms with Crippen LogP contribution in [-0.4, -0.2) is 37.8 Å². The quantitative estimate of drug-likeness (QED) is 0.802. The van der Waals surface area contributed by atoms with Gasteiger partial charge in [0.05, 0.1) is 5.56 Å². The summed E-state index contributed by atoms with van der Waals surface area (Å²) in [6.45, 7) is 0.636. The lowest BCUT2D eigenvalue weighted by Gasteiger charge is -2.05. The number of rotatable bonds is 5. The van der Waals surface area contributed by atoms with Crippen molar-refractivity contribution < 1.29 is 9.90 Å². The molecule has 1 aromatic carbocycles. The van der Waals surface area contributed by atoms with Crippen molar-refractivity contribution in [3.8, 4) is 0 Å². The monoisotopic (exact) mass is 247 g/mol. The molecule has 0 atom stereocenters. The number of nitrogens with one attached hydrogen (secondary N) is 1. The van der Waals surface area contributed by atoms with Crippen molar-refractivity contribution in [1.82, 2.24) is 20.2 Å². The van der Waals surface area contributed by atoms with Gasteiger partial charge in [0.1, 0.15) is 0 Å². The van der Waals surface area contributed by atoms with Crippen LogP contribution in [0.5, 0.6) is 0 Å². The molecule has 0 radical (unpaired) electrons. The Kier molecular flexibility index (Phi) is 3.52. The maximum absolute atomic E-state index is 10.8. The molecule has 18 heavy (non-hydrogen) atoms. The fourth-order valence-electron chi connectivity index (χ4n) is 1.56. The van der Waals surface area contributed by atoms with E-state index in [-0.39, 0.29) is 0 Å². The Bertz CT molecular complexity index is 552. The highest BCUT2D eigenvalue weighted by Crippen LogP contribution is 2.06. The maximum Gasteiger partial charge on any atom is 0.335 e. The summed E-state index contributed by atoms with van der Waals surface area (Å²) >= 11 is 0. The van der Waals surface area contributed by atoms with Crippen LogP contribution in [0.1, 0.15) is 15.9 Å². The Morgan fingerprint density at radius 1 is 1.50 bits per heavy atom. The Labute approximate surface area is 103 Å². The van der Waals surface area contributed by atoms with Crippen LogP contribution in [0.4, 0.5) is 5.95 Å². The number of aryl methyl sites for hydroxylation is 1. The molecule has 94 valence electrons. The van der Waals surface area contributed by atoms with Crippen LogP contribution in [0.3, 0.4) is 0 Å². The molecule has 7 heteroatoms. The number of carboxylic acid groups (broad SMARTS) is 1. The summed E-state index contributed by atoms with van der Waals surface area (Å²) in [6, 6.07) is 6.87. The lowest BCUT2D eigenvalue weighted by molar-refractivity contribution is 0.0697. The second-order valence-corrected chi connectivity index (χ2v) is 3.81. The van der Waals surface area contributed by atoms with E-state index in [9.17, 15) is 4.79 Å². The van der Waals surface area contributed by atoms with Crippen molar-refractivity contribution in [3.63, 3.8) is 0 Å². The van der Waals surface area contributed by atoms with Crippen molar-refractivity contribution in [2.75, 3.05) is 11.9 Å². The minimum atomic E-state index is -0.915. The third-order valence-electron chi connectivity index (χ3n) is 2.49. The molecular weight excluding hydrogens is 234 g/mol. The zero-order valence-electron chi connectivity index (χ0n) is 9.87. The van der Waals surface area contributed by atoms with E-state index in [0.717, 1.165) is 5.56 Å². The molecule has 0 unspecified atom stereocenters. The molecule has 0 aliphatic carbocycles. The van der Waals surface area contributed by atoms with Gasteiger partial charge in [-0.1, -0.05) is 17.2 Å². The van der Waals surface area contributed by atoms with Crippen LogP contribution in [0.2, 0.25) is 0 Å². The number of hydrogen-bond donors (Lipinski definition) is 2. The predicted octanol–water partition coefficient (Wildman–Crippen LogP) is 0.563. The average molecular weight is 247 g/mol. The van der Waals surface area contributed by atoms with Crippen LogP contribution < -0.4 is 5.32 Å². The summed E-state index contributed by atoms with van der Waals surface area (Å²) in [5.74, 6) is -0.327. The third-order valence-corrected chi connectivity index (χ3v) is 2.49. The van der Waals surface area contributed by atoms with Crippen LogP contribution in [-0.2, 0) is 13.5 Å². The topological polar surface area (TPSA) is 92.9 Å². The number of aromatic carboxylic acids is 1. The zero-order chi connectivity index (χ0) is 13.0. The number of tetrazole rings is 1. The molecule has 0 amide bonds. The zero-order valence-corrected chi connectivity index (χ0v) is 9.87. The van der Waals surface area contributed by atoms with Gasteiger partial charge in [-0.05, 0) is 34.5 Å². The van der Waals surface area contributed by atoms with E-state index in [1.807, 2.05) is 6.07 Å². The number of hydrogen-bond acceptors (Lipinski definition) is 5. The number of anilines is 1. The van der Waals surface area contributed by atoms with Crippen LogP contribution in [0.15, 0.2) is 24.3 Å². The van der Waals surface area contributed by atoms with Gasteiger partial charge in [0, 0.05) is 13.6 Å². The van der Waals surface area contributed by atoms with E-state index in [2.05, 4.69) is 20.8 Å². The number of carbonyl (C=O) groups is 1. The fourth-order valence-corrected chi connectivity index (χ4v) is 1.56. The predicted molar refractivity (Wildman–Crippen MR) is 64.4 cm³/mol. The average Bonchev–Trinajstić information content (AvgIpc) is 2.76. The van der Waals surface area contributed by atoms with E-state index < -0.39 is 5.97 Å². The smallest absolute Gasteiger partial charge is 0.335 e. The Morgan fingerprint density at radius 2 is 2.33 bits per heavy atom. The lowest BCUT2D eigenvalue weighted by Crippen LogP contribution is -2.10. The van der Waals surface area contributed by atoms with E-state index in [1.165, 1.54) is 4.68 Å². The molecule has 2 N–H and O–H groups in total. The molecule has 0 saturated heterocycles. The highest BCUT2D eigenvalue weighted by molar-refractivity contribution is 5.87. The van der Waals surface area contributed by atoms with E-state index in [4.69, 9.17) is 5.11 Å². The molecule has 2 aromatic rings. The maximum atomic E-state index is 10.8. The van der Waals surface area contributed by atoms with Gasteiger partial charge in [0.2, 0.25) is 5.95 Å². The summed E-state index contributed by atoms with van der Waals surface area (Å²) < 4.78 is 1.54. The molecule has 1 aromatic heterocycles. The van der Waals surface area contributed by atoms with E-state index in [1.54, 1.807) is 25.2 Å². The summed E-state index contributed by atoms with van der Waals surface area (Å²) in [5.41, 5.74) is 1.25. The minimum absolute atomic E-state index is 0.299. The number of aromatic nitrogens is 4. The van der Waals surface area contributed by atoms with E-state index >= 15 is 0 Å². The summed E-state index contributed by atoms with van der Waals surface area (Å²) in [4.78, 5) is 10.8. The molecule has 0 bridgehead atoms. The molecule has 0 aliphatic heterocycles. The first-order chi connectivity index (χ1) is 8.66. The summed E-state index contributed by atoms with van der Waals surface area (Å²) in [6.07, 6.45) is 0.702. The van der Waals surface area contributed by atoms with Crippen molar-refractivity contribution in [2.24, 2.45) is 7.05 Å². The fraction of sp³-hybridized carbons (Fsp3) is 0.273. The second-order valence-electron chi connectivity index (χ2n) is 3.81. The number of benzene rings is 1. The van der Waals surface area contributed by atoms with Crippen LogP contribution in [0, 0.1) is 0 Å². The molecule has 7 nitrogen and oxygen atoms in total. The third kappa shape index (κ3) is 2.82. The van der Waals surface area contributed by atoms with Gasteiger partial charge < -0.3 is 10.4 Å². The van der Waals surface area contributed by atoms with Crippen molar-refractivity contribution in [2.45, 2.75) is 6.42 Å². The summed E-state index contributed by atoms with van der Waals surface area (Å²) in [7, 11) is 1.74. The van der Waals surface area contributed by atoms with Crippen molar-refractivity contribution >= 4 is 11.9 Å². The first-order valence-corrected chi connectivity index (χ1v) is 5.45. The Hall–Kier alpha value is -2.44. The second kappa shape index (κ2) is 5.26. The first kappa shape index (κ1) is 12.0. The molecule has 2 rings (SSSR count). The highest BCUT2D eigenvalue weighted by atomic mass is 16.4. The Morgan fingerprint density at radius 3 is 3.00 bits per heavy atom. The Balaban J connectivity index is 1.92. The lowest BCUT2D eigenvalue weighted by atomic mass is 10.1. The van der Waals surface area contributed by atoms with Crippen LogP contribution >= 0.6 is 0 Å². The minimum Gasteiger partial charge on any atom is -0.478 e. The van der Waals surface area contributed by atoms with Crippen molar-refractivity contribution in [3.05, 3.63) is 35.4 Å². The standard InChI is InChI=1S/C11H13N5O2/c1-16-11(13-14-15-16)12-6-5-8-3-2-4-9(7-8)10(17)18/h2-4,7H,5-6H2,1H3,(H,17,18)(H,12,13,15). The largest absolute Gasteiger partial charge is 0.478 e. The van der Waals surface area contributed by atoms with Gasteiger partial charge in [-0.15, -0.1) is 0 Å².